The van der Waals surface area contributed by atoms with Crippen LogP contribution < -0.4 is 10.2 Å². The highest BCUT2D eigenvalue weighted by molar-refractivity contribution is 5.49. The average Bonchev–Trinajstić information content (AvgIpc) is 3.33. The Morgan fingerprint density at radius 1 is 1.00 bits per heavy atom. The van der Waals surface area contributed by atoms with Crippen LogP contribution in [0.3, 0.4) is 0 Å². The number of likely N-dealkylation sites (N-methyl/N-ethyl adjacent to an activating group) is 1. The highest BCUT2D eigenvalue weighted by Crippen LogP contribution is 2.35. The van der Waals surface area contributed by atoms with Gasteiger partial charge in [0.05, 0.1) is 12.6 Å². The zero-order valence-electron chi connectivity index (χ0n) is 22.3. The Morgan fingerprint density at radius 2 is 1.71 bits per heavy atom. The largest absolute Gasteiger partial charge is 0.379 e. The van der Waals surface area contributed by atoms with Gasteiger partial charge in [-0.25, -0.2) is 0 Å². The minimum absolute atomic E-state index is 0.0568. The van der Waals surface area contributed by atoms with E-state index in [0.29, 0.717) is 6.04 Å². The maximum Gasteiger partial charge on any atom is 0.0670 e. The highest BCUT2D eigenvalue weighted by atomic mass is 16.5. The Bertz CT molecular complexity index is 933. The molecule has 1 atom stereocenters. The third-order valence-electron chi connectivity index (χ3n) is 7.74. The molecule has 2 aromatic carbocycles. The summed E-state index contributed by atoms with van der Waals surface area (Å²) in [5.74, 6) is 0. The molecule has 1 N–H and O–H groups in total. The van der Waals surface area contributed by atoms with Crippen LogP contribution in [0.25, 0.3) is 0 Å². The molecule has 2 aromatic rings. The summed E-state index contributed by atoms with van der Waals surface area (Å²) < 4.78 is 5.59. The molecular weight excluding hydrogens is 418 g/mol. The van der Waals surface area contributed by atoms with E-state index in [0.717, 1.165) is 58.8 Å². The lowest BCUT2D eigenvalue weighted by Crippen LogP contribution is -2.42. The van der Waals surface area contributed by atoms with Crippen molar-refractivity contribution in [3.8, 4) is 0 Å². The van der Waals surface area contributed by atoms with Crippen LogP contribution in [0.1, 0.15) is 63.3 Å². The summed E-state index contributed by atoms with van der Waals surface area (Å²) in [5.41, 5.74) is 7.28. The van der Waals surface area contributed by atoms with Gasteiger partial charge in [0.1, 0.15) is 0 Å². The highest BCUT2D eigenvalue weighted by Gasteiger charge is 2.27. The Balaban J connectivity index is 1.54. The predicted octanol–water partition coefficient (Wildman–Crippen LogP) is 5.13. The van der Waals surface area contributed by atoms with Crippen LogP contribution >= 0.6 is 0 Å². The van der Waals surface area contributed by atoms with Gasteiger partial charge in [-0.15, -0.1) is 0 Å². The van der Waals surface area contributed by atoms with Crippen LogP contribution in [0, 0.1) is 0 Å². The minimum Gasteiger partial charge on any atom is -0.379 e. The van der Waals surface area contributed by atoms with E-state index >= 15 is 0 Å². The molecule has 34 heavy (non-hydrogen) atoms. The standard InChI is InChI=1S/C30H45N3O/c1-29(2,3)28-12-7-23(21-33-16-14-31-15-17-33)19-24(28)20-30(4,5)25-8-10-26(11-9-25)32(6)27-13-18-34-22-27/h7-12,19,27,31H,13-18,20-22H2,1-6H3. The van der Waals surface area contributed by atoms with Crippen LogP contribution in [-0.2, 0) is 28.5 Å². The number of ether oxygens (including phenoxy) is 1. The van der Waals surface area contributed by atoms with Gasteiger partial charge in [-0.3, -0.25) is 4.90 Å². The fraction of sp³-hybridized carbons (Fsp3) is 0.600. The van der Waals surface area contributed by atoms with Gasteiger partial charge in [0.25, 0.3) is 0 Å². The maximum atomic E-state index is 5.59. The SMILES string of the molecule is CN(c1ccc(C(C)(C)Cc2cc(CN3CCNCC3)ccc2C(C)(C)C)cc1)C1CCOC1. The Labute approximate surface area is 207 Å². The molecule has 0 aromatic heterocycles. The van der Waals surface area contributed by atoms with Crippen molar-refractivity contribution in [1.29, 1.82) is 0 Å². The van der Waals surface area contributed by atoms with Crippen LogP contribution in [0.2, 0.25) is 0 Å². The molecule has 0 saturated carbocycles. The number of piperazine rings is 1. The van der Waals surface area contributed by atoms with Crippen molar-refractivity contribution < 1.29 is 4.74 Å². The summed E-state index contributed by atoms with van der Waals surface area (Å²) in [5, 5.41) is 3.47. The summed E-state index contributed by atoms with van der Waals surface area (Å²) in [7, 11) is 2.19. The predicted molar refractivity (Wildman–Crippen MR) is 144 cm³/mol. The first kappa shape index (κ1) is 25.2. The Morgan fingerprint density at radius 3 is 2.32 bits per heavy atom. The van der Waals surface area contributed by atoms with Gasteiger partial charge in [0, 0.05) is 52.1 Å². The van der Waals surface area contributed by atoms with Gasteiger partial charge < -0.3 is 15.0 Å². The third-order valence-corrected chi connectivity index (χ3v) is 7.74. The fourth-order valence-corrected chi connectivity index (χ4v) is 5.52. The summed E-state index contributed by atoms with van der Waals surface area (Å²) in [4.78, 5) is 4.95. The van der Waals surface area contributed by atoms with E-state index in [-0.39, 0.29) is 10.8 Å². The molecule has 0 aliphatic carbocycles. The van der Waals surface area contributed by atoms with Crippen LogP contribution in [-0.4, -0.2) is 57.4 Å². The molecule has 0 radical (unpaired) electrons. The van der Waals surface area contributed by atoms with Crippen molar-refractivity contribution in [3.63, 3.8) is 0 Å². The van der Waals surface area contributed by atoms with Crippen molar-refractivity contribution in [3.05, 3.63) is 64.7 Å². The number of nitrogens with one attached hydrogen (secondary N) is 1. The molecule has 2 aliphatic rings. The summed E-state index contributed by atoms with van der Waals surface area (Å²) in [6, 6.07) is 17.0. The summed E-state index contributed by atoms with van der Waals surface area (Å²) >= 11 is 0. The second-order valence-electron chi connectivity index (χ2n) is 12.0. The normalized spacial score (nSPS) is 20.0. The smallest absolute Gasteiger partial charge is 0.0670 e. The van der Waals surface area contributed by atoms with Gasteiger partial charge in [-0.1, -0.05) is 65.0 Å². The van der Waals surface area contributed by atoms with Gasteiger partial charge >= 0.3 is 0 Å². The van der Waals surface area contributed by atoms with Crippen LogP contribution in [0.15, 0.2) is 42.5 Å². The van der Waals surface area contributed by atoms with E-state index < -0.39 is 0 Å². The molecule has 0 bridgehead atoms. The molecule has 186 valence electrons. The topological polar surface area (TPSA) is 27.7 Å². The lowest BCUT2D eigenvalue weighted by Gasteiger charge is -2.32. The van der Waals surface area contributed by atoms with E-state index in [1.54, 1.807) is 0 Å². The molecule has 1 unspecified atom stereocenters. The number of hydrogen-bond donors (Lipinski definition) is 1. The molecule has 2 fully saturated rings. The van der Waals surface area contributed by atoms with E-state index in [9.17, 15) is 0 Å². The van der Waals surface area contributed by atoms with E-state index in [4.69, 9.17) is 4.74 Å². The number of benzene rings is 2. The Hall–Kier alpha value is -1.88. The molecule has 2 aliphatic heterocycles. The molecule has 4 rings (SSSR count). The molecule has 4 nitrogen and oxygen atoms in total. The van der Waals surface area contributed by atoms with E-state index in [2.05, 4.69) is 99.2 Å². The second kappa shape index (κ2) is 10.4. The fourth-order valence-electron chi connectivity index (χ4n) is 5.52. The molecule has 0 spiro atoms. The molecular formula is C30H45N3O. The maximum absolute atomic E-state index is 5.59. The van der Waals surface area contributed by atoms with Gasteiger partial charge in [-0.05, 0) is 58.1 Å². The summed E-state index contributed by atoms with van der Waals surface area (Å²) in [6.45, 7) is 19.0. The Kier molecular flexibility index (Phi) is 7.71. The van der Waals surface area contributed by atoms with Crippen molar-refractivity contribution >= 4 is 5.69 Å². The third kappa shape index (κ3) is 6.02. The molecule has 4 heteroatoms. The monoisotopic (exact) mass is 463 g/mol. The molecule has 2 saturated heterocycles. The van der Waals surface area contributed by atoms with Crippen molar-refractivity contribution in [1.82, 2.24) is 10.2 Å². The zero-order chi connectivity index (χ0) is 24.3. The minimum atomic E-state index is 0.0568. The lowest BCUT2D eigenvalue weighted by atomic mass is 9.74. The number of anilines is 1. The average molecular weight is 464 g/mol. The number of rotatable bonds is 7. The number of nitrogens with zero attached hydrogens (tertiary/aromatic N) is 2. The summed E-state index contributed by atoms with van der Waals surface area (Å²) in [6.07, 6.45) is 2.16. The lowest BCUT2D eigenvalue weighted by molar-refractivity contribution is 0.193. The molecule has 0 amide bonds. The van der Waals surface area contributed by atoms with Gasteiger partial charge in [-0.2, -0.15) is 0 Å². The second-order valence-corrected chi connectivity index (χ2v) is 12.0. The van der Waals surface area contributed by atoms with Crippen LogP contribution in [0.4, 0.5) is 5.69 Å². The van der Waals surface area contributed by atoms with Crippen LogP contribution in [0.5, 0.6) is 0 Å². The van der Waals surface area contributed by atoms with Crippen molar-refractivity contribution in [2.45, 2.75) is 70.9 Å². The van der Waals surface area contributed by atoms with E-state index in [1.165, 1.54) is 27.9 Å². The first-order valence-corrected chi connectivity index (χ1v) is 13.1. The van der Waals surface area contributed by atoms with E-state index in [1.807, 2.05) is 0 Å². The first-order chi connectivity index (χ1) is 16.1. The first-order valence-electron chi connectivity index (χ1n) is 13.1. The van der Waals surface area contributed by atoms with Gasteiger partial charge in [0.2, 0.25) is 0 Å². The quantitative estimate of drug-likeness (QED) is 0.616. The zero-order valence-corrected chi connectivity index (χ0v) is 22.3. The van der Waals surface area contributed by atoms with Crippen molar-refractivity contribution in [2.24, 2.45) is 0 Å². The van der Waals surface area contributed by atoms with Gasteiger partial charge in [0.15, 0.2) is 0 Å². The number of hydrogen-bond acceptors (Lipinski definition) is 4. The van der Waals surface area contributed by atoms with Crippen molar-refractivity contribution in [2.75, 3.05) is 51.3 Å². The molecule has 2 heterocycles.